The fraction of sp³-hybridized carbons (Fsp3) is 0.250. The minimum absolute atomic E-state index is 0.676. The number of hydrogen-bond acceptors (Lipinski definition) is 5. The molecule has 0 amide bonds. The van der Waals surface area contributed by atoms with Crippen LogP contribution < -0.4 is 10.2 Å². The smallest absolute Gasteiger partial charge is 0.163 e. The van der Waals surface area contributed by atoms with Gasteiger partial charge in [-0.3, -0.25) is 4.90 Å². The summed E-state index contributed by atoms with van der Waals surface area (Å²) in [4.78, 5) is 14.4. The summed E-state index contributed by atoms with van der Waals surface area (Å²) >= 11 is 0. The van der Waals surface area contributed by atoms with Gasteiger partial charge in [-0.05, 0) is 5.56 Å². The Morgan fingerprint density at radius 2 is 1.59 bits per heavy atom. The molecule has 0 saturated carbocycles. The van der Waals surface area contributed by atoms with Crippen LogP contribution in [0.15, 0.2) is 79.4 Å². The molecule has 148 valence electrons. The molecule has 0 radical (unpaired) electrons. The van der Waals surface area contributed by atoms with Crippen molar-refractivity contribution >= 4 is 11.6 Å². The van der Waals surface area contributed by atoms with Gasteiger partial charge in [0.05, 0.1) is 0 Å². The summed E-state index contributed by atoms with van der Waals surface area (Å²) in [5, 5.41) is 3.32. The molecule has 0 spiro atoms. The van der Waals surface area contributed by atoms with Crippen LogP contribution in [0.1, 0.15) is 5.56 Å². The molecule has 3 aromatic rings. The van der Waals surface area contributed by atoms with E-state index in [1.165, 1.54) is 5.56 Å². The topological polar surface area (TPSA) is 44.3 Å². The van der Waals surface area contributed by atoms with Crippen LogP contribution in [0.3, 0.4) is 0 Å². The van der Waals surface area contributed by atoms with Crippen molar-refractivity contribution in [1.82, 2.24) is 14.9 Å². The molecular formula is C24H27N5. The summed E-state index contributed by atoms with van der Waals surface area (Å²) < 4.78 is 0. The standard InChI is InChI=1S/C24H27N5/c1-2-13-25-22-18-23(27-24(26-22)21-11-7-4-8-12-21)29-16-14-28(15-17-29)19-20-9-5-3-6-10-20/h2-12,18H,1,13-17,19H2,(H,25,26,27). The van der Waals surface area contributed by atoms with Crippen molar-refractivity contribution in [2.24, 2.45) is 0 Å². The maximum Gasteiger partial charge on any atom is 0.163 e. The lowest BCUT2D eigenvalue weighted by Gasteiger charge is -2.35. The third-order valence-electron chi connectivity index (χ3n) is 5.12. The van der Waals surface area contributed by atoms with E-state index in [4.69, 9.17) is 9.97 Å². The monoisotopic (exact) mass is 385 g/mol. The molecule has 1 aliphatic heterocycles. The number of benzene rings is 2. The summed E-state index contributed by atoms with van der Waals surface area (Å²) in [5.74, 6) is 2.56. The Labute approximate surface area is 172 Å². The molecular weight excluding hydrogens is 358 g/mol. The van der Waals surface area contributed by atoms with Crippen LogP contribution >= 0.6 is 0 Å². The highest BCUT2D eigenvalue weighted by Crippen LogP contribution is 2.23. The Bertz CT molecular complexity index is 919. The molecule has 0 bridgehead atoms. The van der Waals surface area contributed by atoms with Gasteiger partial charge in [0, 0.05) is 50.9 Å². The number of nitrogens with zero attached hydrogens (tertiary/aromatic N) is 4. The zero-order valence-electron chi connectivity index (χ0n) is 16.7. The summed E-state index contributed by atoms with van der Waals surface area (Å²) in [6, 6.07) is 22.9. The Kier molecular flexibility index (Phi) is 6.17. The van der Waals surface area contributed by atoms with Gasteiger partial charge in [0.15, 0.2) is 5.82 Å². The van der Waals surface area contributed by atoms with E-state index >= 15 is 0 Å². The molecule has 1 N–H and O–H groups in total. The zero-order chi connectivity index (χ0) is 19.9. The van der Waals surface area contributed by atoms with Gasteiger partial charge >= 0.3 is 0 Å². The zero-order valence-corrected chi connectivity index (χ0v) is 16.7. The molecule has 0 aliphatic carbocycles. The maximum atomic E-state index is 4.87. The van der Waals surface area contributed by atoms with Crippen molar-refractivity contribution in [3.05, 3.63) is 84.9 Å². The maximum absolute atomic E-state index is 4.87. The fourth-order valence-electron chi connectivity index (χ4n) is 3.56. The molecule has 1 fully saturated rings. The SMILES string of the molecule is C=CCNc1cc(N2CCN(Cc3ccccc3)CC2)nc(-c2ccccc2)n1. The predicted molar refractivity (Wildman–Crippen MR) is 120 cm³/mol. The van der Waals surface area contributed by atoms with E-state index in [-0.39, 0.29) is 0 Å². The molecule has 1 saturated heterocycles. The van der Waals surface area contributed by atoms with Crippen molar-refractivity contribution < 1.29 is 0 Å². The van der Waals surface area contributed by atoms with Crippen LogP contribution in [0.25, 0.3) is 11.4 Å². The molecule has 0 unspecified atom stereocenters. The van der Waals surface area contributed by atoms with Gasteiger partial charge in [-0.1, -0.05) is 66.7 Å². The van der Waals surface area contributed by atoms with Gasteiger partial charge in [-0.25, -0.2) is 9.97 Å². The van der Waals surface area contributed by atoms with Crippen molar-refractivity contribution in [2.75, 3.05) is 42.9 Å². The second kappa shape index (κ2) is 9.34. The summed E-state index contributed by atoms with van der Waals surface area (Å²) in [7, 11) is 0. The molecule has 2 aromatic carbocycles. The number of hydrogen-bond donors (Lipinski definition) is 1. The van der Waals surface area contributed by atoms with Gasteiger partial charge in [-0.2, -0.15) is 0 Å². The van der Waals surface area contributed by atoms with Crippen LogP contribution in [0.4, 0.5) is 11.6 Å². The van der Waals surface area contributed by atoms with Gasteiger partial charge in [0.1, 0.15) is 11.6 Å². The Hall–Kier alpha value is -3.18. The average Bonchev–Trinajstić information content (AvgIpc) is 2.79. The van der Waals surface area contributed by atoms with Crippen molar-refractivity contribution in [3.8, 4) is 11.4 Å². The highest BCUT2D eigenvalue weighted by Gasteiger charge is 2.19. The lowest BCUT2D eigenvalue weighted by molar-refractivity contribution is 0.249. The Balaban J connectivity index is 1.49. The summed E-state index contributed by atoms with van der Waals surface area (Å²) in [6.07, 6.45) is 1.84. The molecule has 4 rings (SSSR count). The molecule has 29 heavy (non-hydrogen) atoms. The van der Waals surface area contributed by atoms with E-state index in [0.29, 0.717) is 6.54 Å². The van der Waals surface area contributed by atoms with E-state index < -0.39 is 0 Å². The fourth-order valence-corrected chi connectivity index (χ4v) is 3.56. The van der Waals surface area contributed by atoms with Crippen molar-refractivity contribution in [3.63, 3.8) is 0 Å². The number of rotatable bonds is 7. The first-order valence-corrected chi connectivity index (χ1v) is 10.1. The number of piperazine rings is 1. The van der Waals surface area contributed by atoms with Gasteiger partial charge in [0.25, 0.3) is 0 Å². The number of aromatic nitrogens is 2. The first-order chi connectivity index (χ1) is 14.3. The van der Waals surface area contributed by atoms with Gasteiger partial charge < -0.3 is 10.2 Å². The third kappa shape index (κ3) is 5.00. The number of nitrogens with one attached hydrogen (secondary N) is 1. The highest BCUT2D eigenvalue weighted by atomic mass is 15.3. The van der Waals surface area contributed by atoms with Crippen LogP contribution in [0, 0.1) is 0 Å². The molecule has 5 nitrogen and oxygen atoms in total. The molecule has 1 aromatic heterocycles. The van der Waals surface area contributed by atoms with E-state index in [0.717, 1.165) is 55.7 Å². The van der Waals surface area contributed by atoms with E-state index in [9.17, 15) is 0 Å². The first kappa shape index (κ1) is 19.2. The molecule has 1 aliphatic rings. The molecule has 2 heterocycles. The first-order valence-electron chi connectivity index (χ1n) is 10.1. The number of anilines is 2. The normalized spacial score (nSPS) is 14.6. The van der Waals surface area contributed by atoms with Crippen molar-refractivity contribution in [1.29, 1.82) is 0 Å². The van der Waals surface area contributed by atoms with Crippen LogP contribution in [-0.4, -0.2) is 47.6 Å². The van der Waals surface area contributed by atoms with Gasteiger partial charge in [-0.15, -0.1) is 6.58 Å². The molecule has 0 atom stereocenters. The minimum Gasteiger partial charge on any atom is -0.366 e. The molecule has 5 heteroatoms. The summed E-state index contributed by atoms with van der Waals surface area (Å²) in [6.45, 7) is 9.43. The highest BCUT2D eigenvalue weighted by molar-refractivity contribution is 5.62. The van der Waals surface area contributed by atoms with Crippen LogP contribution in [-0.2, 0) is 6.54 Å². The predicted octanol–water partition coefficient (Wildman–Crippen LogP) is 4.06. The van der Waals surface area contributed by atoms with E-state index in [1.807, 2.05) is 42.5 Å². The van der Waals surface area contributed by atoms with E-state index in [2.05, 4.69) is 52.0 Å². The largest absolute Gasteiger partial charge is 0.366 e. The van der Waals surface area contributed by atoms with Crippen molar-refractivity contribution in [2.45, 2.75) is 6.54 Å². The lowest BCUT2D eigenvalue weighted by atomic mass is 10.2. The second-order valence-corrected chi connectivity index (χ2v) is 7.22. The van der Waals surface area contributed by atoms with Gasteiger partial charge in [0.2, 0.25) is 0 Å². The Morgan fingerprint density at radius 3 is 2.28 bits per heavy atom. The minimum atomic E-state index is 0.676. The van der Waals surface area contributed by atoms with E-state index in [1.54, 1.807) is 0 Å². The lowest BCUT2D eigenvalue weighted by Crippen LogP contribution is -2.46. The Morgan fingerprint density at radius 1 is 0.897 bits per heavy atom. The van der Waals surface area contributed by atoms with Crippen LogP contribution in [0.5, 0.6) is 0 Å². The quantitative estimate of drug-likeness (QED) is 0.621. The average molecular weight is 386 g/mol. The summed E-state index contributed by atoms with van der Waals surface area (Å²) in [5.41, 5.74) is 2.39. The third-order valence-corrected chi connectivity index (χ3v) is 5.12. The second-order valence-electron chi connectivity index (χ2n) is 7.22. The van der Waals surface area contributed by atoms with Crippen LogP contribution in [0.2, 0.25) is 0 Å².